The molecule has 0 aliphatic heterocycles. The Hall–Kier alpha value is -2.00. The molecule has 0 radical (unpaired) electrons. The first-order chi connectivity index (χ1) is 8.58. The van der Waals surface area contributed by atoms with Crippen LogP contribution in [0.3, 0.4) is 0 Å². The van der Waals surface area contributed by atoms with Crippen molar-refractivity contribution < 1.29 is 14.6 Å². The van der Waals surface area contributed by atoms with Gasteiger partial charge in [0, 0.05) is 0 Å². The Balaban J connectivity index is 2.37. The molecule has 0 unspecified atom stereocenters. The maximum Gasteiger partial charge on any atom is 0.341 e. The van der Waals surface area contributed by atoms with Crippen LogP contribution in [0.5, 0.6) is 11.5 Å². The summed E-state index contributed by atoms with van der Waals surface area (Å²) in [6.07, 6.45) is 0. The van der Waals surface area contributed by atoms with Crippen molar-refractivity contribution in [2.45, 2.75) is 6.92 Å². The molecule has 1 N–H and O–H groups in total. The number of benzene rings is 2. The lowest BCUT2D eigenvalue weighted by Gasteiger charge is -2.09. The zero-order valence-corrected chi connectivity index (χ0v) is 10.4. The minimum atomic E-state index is -1.11. The first kappa shape index (κ1) is 12.5. The van der Waals surface area contributed by atoms with E-state index < -0.39 is 5.97 Å². The Labute approximate surface area is 110 Å². The smallest absolute Gasteiger partial charge is 0.341 e. The zero-order chi connectivity index (χ0) is 13.1. The third-order valence-corrected chi connectivity index (χ3v) is 2.75. The molecule has 0 aromatic heterocycles. The molecular weight excluding hydrogens is 252 g/mol. The third-order valence-electron chi connectivity index (χ3n) is 2.44. The molecule has 0 aliphatic rings. The summed E-state index contributed by atoms with van der Waals surface area (Å²) in [6, 6.07) is 12.1. The normalized spacial score (nSPS) is 10.1. The van der Waals surface area contributed by atoms with Crippen LogP contribution in [0.15, 0.2) is 42.5 Å². The van der Waals surface area contributed by atoms with Gasteiger partial charge in [0.05, 0.1) is 5.02 Å². The van der Waals surface area contributed by atoms with Crippen LogP contribution in [0.25, 0.3) is 0 Å². The van der Waals surface area contributed by atoms with Gasteiger partial charge in [-0.25, -0.2) is 4.79 Å². The number of carboxylic acids is 1. The van der Waals surface area contributed by atoms with Crippen LogP contribution in [0.2, 0.25) is 5.02 Å². The van der Waals surface area contributed by atoms with Crippen LogP contribution in [0.4, 0.5) is 0 Å². The lowest BCUT2D eigenvalue weighted by Crippen LogP contribution is -2.01. The summed E-state index contributed by atoms with van der Waals surface area (Å²) in [5, 5.41) is 9.26. The minimum Gasteiger partial charge on any atom is -0.478 e. The van der Waals surface area contributed by atoms with Gasteiger partial charge in [0.15, 0.2) is 0 Å². The summed E-state index contributed by atoms with van der Waals surface area (Å²) in [7, 11) is 0. The molecule has 0 saturated heterocycles. The predicted molar refractivity (Wildman–Crippen MR) is 69.7 cm³/mol. The Morgan fingerprint density at radius 1 is 1.17 bits per heavy atom. The van der Waals surface area contributed by atoms with E-state index >= 15 is 0 Å². The van der Waals surface area contributed by atoms with Crippen molar-refractivity contribution in [3.05, 3.63) is 58.6 Å². The van der Waals surface area contributed by atoms with E-state index in [9.17, 15) is 4.79 Å². The summed E-state index contributed by atoms with van der Waals surface area (Å²) in [5.74, 6) is -0.299. The van der Waals surface area contributed by atoms with Gasteiger partial charge in [-0.05, 0) is 31.2 Å². The second-order valence-electron chi connectivity index (χ2n) is 3.83. The maximum absolute atomic E-state index is 11.1. The highest BCUT2D eigenvalue weighted by molar-refractivity contribution is 6.33. The Kier molecular flexibility index (Phi) is 3.53. The molecule has 0 heterocycles. The second kappa shape index (κ2) is 5.10. The first-order valence-electron chi connectivity index (χ1n) is 5.34. The molecule has 2 aromatic rings. The minimum absolute atomic E-state index is 0.0280. The quantitative estimate of drug-likeness (QED) is 0.904. The van der Waals surface area contributed by atoms with Gasteiger partial charge in [-0.1, -0.05) is 35.4 Å². The molecule has 2 aromatic carbocycles. The van der Waals surface area contributed by atoms with Crippen LogP contribution >= 0.6 is 11.6 Å². The molecule has 92 valence electrons. The predicted octanol–water partition coefficient (Wildman–Crippen LogP) is 4.14. The number of hydrogen-bond donors (Lipinski definition) is 1. The van der Waals surface area contributed by atoms with Crippen molar-refractivity contribution in [1.82, 2.24) is 0 Å². The highest BCUT2D eigenvalue weighted by Crippen LogP contribution is 2.30. The van der Waals surface area contributed by atoms with E-state index in [4.69, 9.17) is 21.4 Å². The van der Waals surface area contributed by atoms with Crippen LogP contribution in [-0.4, -0.2) is 11.1 Å². The fraction of sp³-hybridized carbons (Fsp3) is 0.0714. The van der Waals surface area contributed by atoms with E-state index in [1.165, 1.54) is 6.07 Å². The summed E-state index contributed by atoms with van der Waals surface area (Å²) in [5.41, 5.74) is 1.08. The Morgan fingerprint density at radius 3 is 2.44 bits per heavy atom. The number of hydrogen-bond acceptors (Lipinski definition) is 2. The molecule has 0 fully saturated rings. The van der Waals surface area contributed by atoms with Crippen LogP contribution in [0.1, 0.15) is 15.9 Å². The SMILES string of the molecule is Cc1ccc(Oc2cccc(Cl)c2C(=O)O)cc1. The van der Waals surface area contributed by atoms with Crippen molar-refractivity contribution >= 4 is 17.6 Å². The summed E-state index contributed by atoms with van der Waals surface area (Å²) in [4.78, 5) is 11.1. The number of rotatable bonds is 3. The lowest BCUT2D eigenvalue weighted by molar-refractivity contribution is 0.0694. The van der Waals surface area contributed by atoms with Crippen molar-refractivity contribution in [2.24, 2.45) is 0 Å². The van der Waals surface area contributed by atoms with Gasteiger partial charge in [-0.2, -0.15) is 0 Å². The average Bonchev–Trinajstić information content (AvgIpc) is 2.32. The number of halogens is 1. The van der Waals surface area contributed by atoms with Gasteiger partial charge in [-0.3, -0.25) is 0 Å². The molecule has 2 rings (SSSR count). The number of ether oxygens (including phenoxy) is 1. The molecule has 0 amide bonds. The molecule has 0 saturated carbocycles. The summed E-state index contributed by atoms with van der Waals surface area (Å²) in [6.45, 7) is 1.96. The van der Waals surface area contributed by atoms with Gasteiger partial charge in [0.1, 0.15) is 17.1 Å². The van der Waals surface area contributed by atoms with Crippen LogP contribution in [-0.2, 0) is 0 Å². The molecule has 4 heteroatoms. The summed E-state index contributed by atoms with van der Waals surface area (Å²) >= 11 is 5.86. The van der Waals surface area contributed by atoms with E-state index in [1.54, 1.807) is 24.3 Å². The monoisotopic (exact) mass is 262 g/mol. The number of aromatic carboxylic acids is 1. The van der Waals surface area contributed by atoms with Gasteiger partial charge < -0.3 is 9.84 Å². The van der Waals surface area contributed by atoms with Gasteiger partial charge in [0.2, 0.25) is 0 Å². The number of carbonyl (C=O) groups is 1. The molecule has 0 aliphatic carbocycles. The van der Waals surface area contributed by atoms with E-state index in [-0.39, 0.29) is 16.3 Å². The first-order valence-corrected chi connectivity index (χ1v) is 5.72. The van der Waals surface area contributed by atoms with E-state index in [2.05, 4.69) is 0 Å². The van der Waals surface area contributed by atoms with Crippen molar-refractivity contribution in [3.63, 3.8) is 0 Å². The van der Waals surface area contributed by atoms with Gasteiger partial charge >= 0.3 is 5.97 Å². The lowest BCUT2D eigenvalue weighted by atomic mass is 10.2. The molecule has 0 atom stereocenters. The van der Waals surface area contributed by atoms with Crippen LogP contribution in [0, 0.1) is 6.92 Å². The fourth-order valence-electron chi connectivity index (χ4n) is 1.53. The molecule has 3 nitrogen and oxygen atoms in total. The molecule has 0 bridgehead atoms. The fourth-order valence-corrected chi connectivity index (χ4v) is 1.78. The second-order valence-corrected chi connectivity index (χ2v) is 4.24. The van der Waals surface area contributed by atoms with Crippen LogP contribution < -0.4 is 4.74 Å². The molecule has 18 heavy (non-hydrogen) atoms. The Morgan fingerprint density at radius 2 is 1.83 bits per heavy atom. The van der Waals surface area contributed by atoms with E-state index in [0.29, 0.717) is 5.75 Å². The molecule has 0 spiro atoms. The Bertz CT molecular complexity index is 576. The highest BCUT2D eigenvalue weighted by Gasteiger charge is 2.15. The van der Waals surface area contributed by atoms with Gasteiger partial charge in [0.25, 0.3) is 0 Å². The van der Waals surface area contributed by atoms with E-state index in [0.717, 1.165) is 5.56 Å². The van der Waals surface area contributed by atoms with Crippen molar-refractivity contribution in [1.29, 1.82) is 0 Å². The average molecular weight is 263 g/mol. The third kappa shape index (κ3) is 2.63. The topological polar surface area (TPSA) is 46.5 Å². The molecular formula is C14H11ClO3. The number of aryl methyl sites for hydroxylation is 1. The standard InChI is InChI=1S/C14H11ClO3/c1-9-5-7-10(8-6-9)18-12-4-2-3-11(15)13(12)14(16)17/h2-8H,1H3,(H,16,17). The van der Waals surface area contributed by atoms with Crippen molar-refractivity contribution in [3.8, 4) is 11.5 Å². The highest BCUT2D eigenvalue weighted by atomic mass is 35.5. The van der Waals surface area contributed by atoms with Crippen molar-refractivity contribution in [2.75, 3.05) is 0 Å². The maximum atomic E-state index is 11.1. The van der Waals surface area contributed by atoms with Gasteiger partial charge in [-0.15, -0.1) is 0 Å². The zero-order valence-electron chi connectivity index (χ0n) is 9.68. The number of carboxylic acid groups (broad SMARTS) is 1. The summed E-state index contributed by atoms with van der Waals surface area (Å²) < 4.78 is 5.54. The van der Waals surface area contributed by atoms with E-state index in [1.807, 2.05) is 19.1 Å². The largest absolute Gasteiger partial charge is 0.478 e.